The number of benzene rings is 1. The lowest BCUT2D eigenvalue weighted by Crippen LogP contribution is -2.44. The summed E-state index contributed by atoms with van der Waals surface area (Å²) in [5.74, 6) is 1.91. The highest BCUT2D eigenvalue weighted by atomic mass is 32.2. The summed E-state index contributed by atoms with van der Waals surface area (Å²) in [6.07, 6.45) is 6.56. The Morgan fingerprint density at radius 3 is 2.89 bits per heavy atom. The highest BCUT2D eigenvalue weighted by Crippen LogP contribution is 2.37. The summed E-state index contributed by atoms with van der Waals surface area (Å²) in [4.78, 5) is 1.46. The first-order valence-corrected chi connectivity index (χ1v) is 8.55. The van der Waals surface area contributed by atoms with Crippen LogP contribution in [0.25, 0.3) is 0 Å². The van der Waals surface area contributed by atoms with Crippen LogP contribution in [0.15, 0.2) is 29.2 Å². The largest absolute Gasteiger partial charge is 0.330 e. The lowest BCUT2D eigenvalue weighted by atomic mass is 9.83. The van der Waals surface area contributed by atoms with Crippen LogP contribution in [0, 0.1) is 5.92 Å². The van der Waals surface area contributed by atoms with Crippen LogP contribution < -0.4 is 11.1 Å². The lowest BCUT2D eigenvalue weighted by Gasteiger charge is -2.36. The van der Waals surface area contributed by atoms with Gasteiger partial charge in [-0.05, 0) is 49.1 Å². The molecule has 0 aromatic heterocycles. The third kappa shape index (κ3) is 2.99. The van der Waals surface area contributed by atoms with E-state index in [1.54, 1.807) is 0 Å². The van der Waals surface area contributed by atoms with E-state index in [0.29, 0.717) is 18.0 Å². The van der Waals surface area contributed by atoms with Crippen molar-refractivity contribution in [1.82, 2.24) is 5.32 Å². The van der Waals surface area contributed by atoms with Crippen LogP contribution in [0.1, 0.15) is 43.7 Å². The molecule has 3 heteroatoms. The number of nitrogens with two attached hydrogens (primary N) is 1. The van der Waals surface area contributed by atoms with Crippen molar-refractivity contribution in [1.29, 1.82) is 0 Å². The molecule has 1 heterocycles. The third-order valence-corrected chi connectivity index (χ3v) is 5.71. The molecule has 1 aliphatic heterocycles. The molecule has 1 aliphatic carbocycles. The third-order valence-electron chi connectivity index (χ3n) is 4.59. The van der Waals surface area contributed by atoms with E-state index in [-0.39, 0.29) is 0 Å². The molecule has 104 valence electrons. The van der Waals surface area contributed by atoms with Gasteiger partial charge >= 0.3 is 0 Å². The molecule has 19 heavy (non-hydrogen) atoms. The van der Waals surface area contributed by atoms with Gasteiger partial charge in [0.15, 0.2) is 0 Å². The number of nitrogens with one attached hydrogen (secondary N) is 1. The zero-order chi connectivity index (χ0) is 13.1. The minimum atomic E-state index is 0.537. The first-order chi connectivity index (χ1) is 9.38. The number of rotatable bonds is 3. The average molecular weight is 276 g/mol. The van der Waals surface area contributed by atoms with Gasteiger partial charge in [-0.25, -0.2) is 0 Å². The predicted molar refractivity (Wildman–Crippen MR) is 82.5 cm³/mol. The Morgan fingerprint density at radius 1 is 1.16 bits per heavy atom. The first kappa shape index (κ1) is 13.5. The van der Waals surface area contributed by atoms with Crippen LogP contribution in [-0.2, 0) is 0 Å². The van der Waals surface area contributed by atoms with E-state index in [1.165, 1.54) is 48.3 Å². The van der Waals surface area contributed by atoms with Gasteiger partial charge in [-0.2, -0.15) is 0 Å². The van der Waals surface area contributed by atoms with Crippen molar-refractivity contribution >= 4 is 11.8 Å². The van der Waals surface area contributed by atoms with E-state index >= 15 is 0 Å². The average Bonchev–Trinajstić information content (AvgIpc) is 2.48. The smallest absolute Gasteiger partial charge is 0.0341 e. The van der Waals surface area contributed by atoms with Gasteiger partial charge in [0, 0.05) is 17.0 Å². The Labute approximate surface area is 120 Å². The molecule has 1 fully saturated rings. The zero-order valence-corrected chi connectivity index (χ0v) is 12.3. The molecular weight excluding hydrogens is 252 g/mol. The highest BCUT2D eigenvalue weighted by Gasteiger charge is 2.28. The summed E-state index contributed by atoms with van der Waals surface area (Å²) in [7, 11) is 0. The van der Waals surface area contributed by atoms with Crippen molar-refractivity contribution in [3.63, 3.8) is 0 Å². The molecule has 2 aliphatic rings. The molecular formula is C16H24N2S. The van der Waals surface area contributed by atoms with Crippen molar-refractivity contribution in [3.05, 3.63) is 29.8 Å². The van der Waals surface area contributed by atoms with E-state index in [1.807, 2.05) is 11.8 Å². The van der Waals surface area contributed by atoms with Crippen LogP contribution in [0.4, 0.5) is 0 Å². The van der Waals surface area contributed by atoms with Crippen LogP contribution in [0.5, 0.6) is 0 Å². The Kier molecular flexibility index (Phi) is 4.46. The fraction of sp³-hybridized carbons (Fsp3) is 0.625. The second kappa shape index (κ2) is 6.29. The van der Waals surface area contributed by atoms with Gasteiger partial charge in [-0.1, -0.05) is 31.0 Å². The molecule has 1 aromatic carbocycles. The van der Waals surface area contributed by atoms with Crippen LogP contribution >= 0.6 is 11.8 Å². The fourth-order valence-electron chi connectivity index (χ4n) is 3.48. The Hall–Kier alpha value is -0.510. The number of thioether (sulfide) groups is 1. The van der Waals surface area contributed by atoms with Gasteiger partial charge in [0.05, 0.1) is 0 Å². The van der Waals surface area contributed by atoms with Crippen LogP contribution in [-0.4, -0.2) is 18.3 Å². The fourth-order valence-corrected chi connectivity index (χ4v) is 4.61. The Balaban J connectivity index is 1.73. The van der Waals surface area contributed by atoms with Crippen molar-refractivity contribution < 1.29 is 0 Å². The molecule has 0 radical (unpaired) electrons. The Bertz CT molecular complexity index is 421. The molecule has 0 amide bonds. The standard InChI is InChI=1S/C16H24N2S/c17-11-12-5-1-3-7-14(12)18-15-9-10-19-16-8-4-2-6-13(15)16/h2,4,6,8,12,14-15,18H,1,3,5,7,9-11,17H2. The molecule has 0 bridgehead atoms. The first-order valence-electron chi connectivity index (χ1n) is 7.56. The summed E-state index contributed by atoms with van der Waals surface area (Å²) in [5, 5.41) is 3.92. The number of hydrogen-bond donors (Lipinski definition) is 2. The quantitative estimate of drug-likeness (QED) is 0.889. The summed E-state index contributed by atoms with van der Waals surface area (Å²) in [6, 6.07) is 10.0. The van der Waals surface area contributed by atoms with E-state index in [0.717, 1.165) is 6.54 Å². The maximum atomic E-state index is 5.95. The number of fused-ring (bicyclic) bond motifs is 1. The van der Waals surface area contributed by atoms with Crippen molar-refractivity contribution in [2.45, 2.75) is 49.1 Å². The molecule has 3 rings (SSSR count). The molecule has 3 N–H and O–H groups in total. The van der Waals surface area contributed by atoms with Gasteiger partial charge in [-0.3, -0.25) is 0 Å². The van der Waals surface area contributed by atoms with Gasteiger partial charge in [-0.15, -0.1) is 11.8 Å². The Morgan fingerprint density at radius 2 is 2.00 bits per heavy atom. The SMILES string of the molecule is NCC1CCCCC1NC1CCSc2ccccc21. The molecule has 0 spiro atoms. The van der Waals surface area contributed by atoms with Gasteiger partial charge < -0.3 is 11.1 Å². The van der Waals surface area contributed by atoms with Gasteiger partial charge in [0.25, 0.3) is 0 Å². The monoisotopic (exact) mass is 276 g/mol. The summed E-state index contributed by atoms with van der Waals surface area (Å²) < 4.78 is 0. The maximum absolute atomic E-state index is 5.95. The maximum Gasteiger partial charge on any atom is 0.0341 e. The van der Waals surface area contributed by atoms with Gasteiger partial charge in [0.1, 0.15) is 0 Å². The second-order valence-electron chi connectivity index (χ2n) is 5.78. The highest BCUT2D eigenvalue weighted by molar-refractivity contribution is 7.99. The predicted octanol–water partition coefficient (Wildman–Crippen LogP) is 3.33. The molecule has 3 atom stereocenters. The topological polar surface area (TPSA) is 38.0 Å². The second-order valence-corrected chi connectivity index (χ2v) is 6.92. The minimum absolute atomic E-state index is 0.537. The van der Waals surface area contributed by atoms with Crippen LogP contribution in [0.2, 0.25) is 0 Å². The van der Waals surface area contributed by atoms with Crippen LogP contribution in [0.3, 0.4) is 0 Å². The van der Waals surface area contributed by atoms with Crippen molar-refractivity contribution in [3.8, 4) is 0 Å². The molecule has 0 saturated heterocycles. The van der Waals surface area contributed by atoms with Gasteiger partial charge in [0.2, 0.25) is 0 Å². The minimum Gasteiger partial charge on any atom is -0.330 e. The molecule has 3 unspecified atom stereocenters. The summed E-state index contributed by atoms with van der Waals surface area (Å²) in [5.41, 5.74) is 7.45. The zero-order valence-electron chi connectivity index (χ0n) is 11.5. The lowest BCUT2D eigenvalue weighted by molar-refractivity contribution is 0.244. The molecule has 2 nitrogen and oxygen atoms in total. The molecule has 1 aromatic rings. The number of hydrogen-bond acceptors (Lipinski definition) is 3. The van der Waals surface area contributed by atoms with E-state index in [4.69, 9.17) is 5.73 Å². The van der Waals surface area contributed by atoms with E-state index in [2.05, 4.69) is 29.6 Å². The van der Waals surface area contributed by atoms with E-state index < -0.39 is 0 Å². The van der Waals surface area contributed by atoms with E-state index in [9.17, 15) is 0 Å². The summed E-state index contributed by atoms with van der Waals surface area (Å²) in [6.45, 7) is 0.834. The van der Waals surface area contributed by atoms with Crippen molar-refractivity contribution in [2.24, 2.45) is 11.7 Å². The summed E-state index contributed by atoms with van der Waals surface area (Å²) >= 11 is 2.00. The normalized spacial score (nSPS) is 30.9. The van der Waals surface area contributed by atoms with Crippen molar-refractivity contribution in [2.75, 3.05) is 12.3 Å². The molecule has 1 saturated carbocycles.